The molecule has 2 N–H and O–H groups in total. The van der Waals surface area contributed by atoms with Gasteiger partial charge in [0.2, 0.25) is 5.91 Å². The molecule has 0 aliphatic carbocycles. The van der Waals surface area contributed by atoms with Crippen molar-refractivity contribution in [2.75, 3.05) is 12.4 Å². The van der Waals surface area contributed by atoms with Crippen LogP contribution in [-0.4, -0.2) is 29.1 Å². The molecule has 138 valence electrons. The summed E-state index contributed by atoms with van der Waals surface area (Å²) in [5.74, 6) is -0.545. The molecule has 2 aromatic carbocycles. The predicted molar refractivity (Wildman–Crippen MR) is 96.8 cm³/mol. The molecule has 0 fully saturated rings. The van der Waals surface area contributed by atoms with Crippen molar-refractivity contribution in [1.29, 1.82) is 5.26 Å². The van der Waals surface area contributed by atoms with E-state index in [0.717, 1.165) is 0 Å². The number of nitro benzene ring substituents is 1. The summed E-state index contributed by atoms with van der Waals surface area (Å²) in [6, 6.07) is 14.0. The van der Waals surface area contributed by atoms with Crippen LogP contribution in [0.2, 0.25) is 0 Å². The third-order valence-electron chi connectivity index (χ3n) is 3.11. The van der Waals surface area contributed by atoms with Crippen molar-refractivity contribution >= 4 is 29.3 Å². The fourth-order valence-corrected chi connectivity index (χ4v) is 2.50. The summed E-state index contributed by atoms with van der Waals surface area (Å²) in [6.07, 6.45) is 0. The van der Waals surface area contributed by atoms with Gasteiger partial charge in [0.15, 0.2) is 6.61 Å². The van der Waals surface area contributed by atoms with E-state index in [2.05, 4.69) is 10.9 Å². The largest absolute Gasteiger partial charge is 0.484 e. The highest BCUT2D eigenvalue weighted by Crippen LogP contribution is 2.20. The first kappa shape index (κ1) is 19.7. The maximum absolute atomic E-state index is 11.7. The third-order valence-corrected chi connectivity index (χ3v) is 4.12. The molecule has 0 radical (unpaired) electrons. The molecule has 0 unspecified atom stereocenters. The molecule has 10 heteroatoms. The molecular weight excluding hydrogens is 372 g/mol. The quantitative estimate of drug-likeness (QED) is 0.421. The zero-order valence-corrected chi connectivity index (χ0v) is 14.7. The topological polar surface area (TPSA) is 134 Å². The van der Waals surface area contributed by atoms with Gasteiger partial charge in [-0.2, -0.15) is 5.26 Å². The maximum Gasteiger partial charge on any atom is 0.276 e. The number of hydrogen-bond acceptors (Lipinski definition) is 7. The van der Waals surface area contributed by atoms with Crippen LogP contribution in [0.5, 0.6) is 5.75 Å². The van der Waals surface area contributed by atoms with E-state index < -0.39 is 16.7 Å². The summed E-state index contributed by atoms with van der Waals surface area (Å²) in [5.41, 5.74) is 4.91. The van der Waals surface area contributed by atoms with Crippen LogP contribution in [-0.2, 0) is 9.59 Å². The second kappa shape index (κ2) is 9.79. The van der Waals surface area contributed by atoms with Crippen molar-refractivity contribution in [2.45, 2.75) is 4.90 Å². The Hall–Kier alpha value is -3.58. The summed E-state index contributed by atoms with van der Waals surface area (Å²) in [4.78, 5) is 34.1. The highest BCUT2D eigenvalue weighted by atomic mass is 32.2. The smallest absolute Gasteiger partial charge is 0.276 e. The van der Waals surface area contributed by atoms with E-state index >= 15 is 0 Å². The first-order valence-corrected chi connectivity index (χ1v) is 8.54. The molecule has 2 rings (SSSR count). The minimum atomic E-state index is -0.548. The third kappa shape index (κ3) is 6.68. The van der Waals surface area contributed by atoms with Crippen LogP contribution in [0.4, 0.5) is 5.69 Å². The van der Waals surface area contributed by atoms with E-state index in [1.807, 2.05) is 6.07 Å². The first-order valence-electron chi connectivity index (χ1n) is 7.56. The number of amides is 2. The Morgan fingerprint density at radius 2 is 1.70 bits per heavy atom. The SMILES string of the molecule is N#Cc1ccc(OCC(=O)NNC(=O)CSc2ccc([N+](=O)[O-])cc2)cc1. The van der Waals surface area contributed by atoms with Crippen molar-refractivity contribution < 1.29 is 19.2 Å². The van der Waals surface area contributed by atoms with E-state index in [9.17, 15) is 19.7 Å². The van der Waals surface area contributed by atoms with Crippen LogP contribution in [0.3, 0.4) is 0 Å². The minimum Gasteiger partial charge on any atom is -0.484 e. The van der Waals surface area contributed by atoms with Crippen molar-refractivity contribution in [3.63, 3.8) is 0 Å². The van der Waals surface area contributed by atoms with E-state index in [1.54, 1.807) is 36.4 Å². The molecule has 9 nitrogen and oxygen atoms in total. The molecule has 0 atom stereocenters. The van der Waals surface area contributed by atoms with Crippen LogP contribution >= 0.6 is 11.8 Å². The number of carbonyl (C=O) groups excluding carboxylic acids is 2. The fourth-order valence-electron chi connectivity index (χ4n) is 1.80. The lowest BCUT2D eigenvalue weighted by molar-refractivity contribution is -0.384. The number of ether oxygens (including phenoxy) is 1. The normalized spacial score (nSPS) is 9.74. The fraction of sp³-hybridized carbons (Fsp3) is 0.118. The zero-order chi connectivity index (χ0) is 19.6. The number of hydrazine groups is 1. The Kier molecular flexibility index (Phi) is 7.16. The van der Waals surface area contributed by atoms with Crippen molar-refractivity contribution in [3.05, 3.63) is 64.2 Å². The highest BCUT2D eigenvalue weighted by molar-refractivity contribution is 8.00. The zero-order valence-electron chi connectivity index (χ0n) is 13.9. The van der Waals surface area contributed by atoms with Gasteiger partial charge in [-0.25, -0.2) is 0 Å². The number of hydrogen-bond donors (Lipinski definition) is 2. The van der Waals surface area contributed by atoms with Crippen LogP contribution in [0.15, 0.2) is 53.4 Å². The second-order valence-corrected chi connectivity index (χ2v) is 6.11. The van der Waals surface area contributed by atoms with Gasteiger partial charge in [0.1, 0.15) is 5.75 Å². The van der Waals surface area contributed by atoms with Crippen LogP contribution in [0.1, 0.15) is 5.56 Å². The van der Waals surface area contributed by atoms with Crippen molar-refractivity contribution in [2.24, 2.45) is 0 Å². The lowest BCUT2D eigenvalue weighted by Gasteiger charge is -2.08. The highest BCUT2D eigenvalue weighted by Gasteiger charge is 2.08. The van der Waals surface area contributed by atoms with E-state index in [0.29, 0.717) is 16.2 Å². The van der Waals surface area contributed by atoms with Gasteiger partial charge in [-0.05, 0) is 36.4 Å². The Morgan fingerprint density at radius 3 is 2.30 bits per heavy atom. The van der Waals surface area contributed by atoms with Crippen LogP contribution < -0.4 is 15.6 Å². The van der Waals surface area contributed by atoms with Crippen molar-refractivity contribution in [3.8, 4) is 11.8 Å². The molecule has 0 aliphatic heterocycles. The summed E-state index contributed by atoms with van der Waals surface area (Å²) < 4.78 is 5.23. The summed E-state index contributed by atoms with van der Waals surface area (Å²) in [7, 11) is 0. The summed E-state index contributed by atoms with van der Waals surface area (Å²) in [5, 5.41) is 19.3. The van der Waals surface area contributed by atoms with E-state index in [4.69, 9.17) is 10.00 Å². The molecule has 2 aromatic rings. The molecule has 0 aliphatic rings. The van der Waals surface area contributed by atoms with Gasteiger partial charge in [0.05, 0.1) is 22.3 Å². The van der Waals surface area contributed by atoms with Gasteiger partial charge < -0.3 is 4.74 Å². The maximum atomic E-state index is 11.7. The molecular formula is C17H14N4O5S. The van der Waals surface area contributed by atoms with Crippen molar-refractivity contribution in [1.82, 2.24) is 10.9 Å². The van der Waals surface area contributed by atoms with E-state index in [1.165, 1.54) is 23.9 Å². The lowest BCUT2D eigenvalue weighted by atomic mass is 10.2. The van der Waals surface area contributed by atoms with Gasteiger partial charge in [-0.15, -0.1) is 11.8 Å². The summed E-state index contributed by atoms with van der Waals surface area (Å²) in [6.45, 7) is -0.304. The average molecular weight is 386 g/mol. The standard InChI is InChI=1S/C17H14N4O5S/c18-9-12-1-5-14(6-2-12)26-10-16(22)19-20-17(23)11-27-15-7-3-13(4-8-15)21(24)25/h1-8H,10-11H2,(H,19,22)(H,20,23). The van der Waals surface area contributed by atoms with Crippen LogP contribution in [0.25, 0.3) is 0 Å². The molecule has 0 saturated carbocycles. The number of benzene rings is 2. The number of nitriles is 1. The molecule has 0 heterocycles. The van der Waals surface area contributed by atoms with Gasteiger partial charge in [-0.3, -0.25) is 30.6 Å². The number of nitrogens with zero attached hydrogens (tertiary/aromatic N) is 2. The molecule has 0 bridgehead atoms. The summed E-state index contributed by atoms with van der Waals surface area (Å²) >= 11 is 1.17. The van der Waals surface area contributed by atoms with Crippen LogP contribution in [0, 0.1) is 21.4 Å². The van der Waals surface area contributed by atoms with E-state index in [-0.39, 0.29) is 18.0 Å². The predicted octanol–water partition coefficient (Wildman–Crippen LogP) is 1.78. The minimum absolute atomic E-state index is 0.0224. The number of thioether (sulfide) groups is 1. The second-order valence-electron chi connectivity index (χ2n) is 5.06. The Labute approximate surface area is 158 Å². The Balaban J connectivity index is 1.67. The molecule has 0 spiro atoms. The number of carbonyl (C=O) groups is 2. The molecule has 27 heavy (non-hydrogen) atoms. The lowest BCUT2D eigenvalue weighted by Crippen LogP contribution is -2.44. The van der Waals surface area contributed by atoms with Gasteiger partial charge in [0.25, 0.3) is 11.6 Å². The van der Waals surface area contributed by atoms with Gasteiger partial charge in [0, 0.05) is 17.0 Å². The number of nitrogens with one attached hydrogen (secondary N) is 2. The Bertz CT molecular complexity index is 862. The van der Waals surface area contributed by atoms with Gasteiger partial charge in [-0.1, -0.05) is 0 Å². The number of nitro groups is 1. The first-order chi connectivity index (χ1) is 13.0. The molecule has 0 saturated heterocycles. The number of non-ortho nitro benzene ring substituents is 1. The average Bonchev–Trinajstić information content (AvgIpc) is 2.69. The number of rotatable bonds is 7. The molecule has 0 aromatic heterocycles. The monoisotopic (exact) mass is 386 g/mol. The van der Waals surface area contributed by atoms with Gasteiger partial charge >= 0.3 is 0 Å². The Morgan fingerprint density at radius 1 is 1.07 bits per heavy atom. The molecule has 2 amide bonds.